The Morgan fingerprint density at radius 2 is 2.12 bits per heavy atom. The molecule has 0 atom stereocenters. The fourth-order valence-electron chi connectivity index (χ4n) is 2.21. The molecule has 0 saturated heterocycles. The zero-order chi connectivity index (χ0) is 12.3. The van der Waals surface area contributed by atoms with Gasteiger partial charge < -0.3 is 5.43 Å². The minimum absolute atomic E-state index is 0.387. The zero-order valence-electron chi connectivity index (χ0n) is 10.0. The van der Waals surface area contributed by atoms with Crippen LogP contribution in [-0.4, -0.2) is 11.9 Å². The lowest BCUT2D eigenvalue weighted by atomic mass is 10.1. The Morgan fingerprint density at radius 3 is 2.71 bits per heavy atom. The van der Waals surface area contributed by atoms with Crippen LogP contribution in [0.5, 0.6) is 0 Å². The highest BCUT2D eigenvalue weighted by molar-refractivity contribution is 6.34. The molecule has 0 amide bonds. The van der Waals surface area contributed by atoms with E-state index in [0.29, 0.717) is 16.9 Å². The Kier molecular flexibility index (Phi) is 4.02. The van der Waals surface area contributed by atoms with Crippen molar-refractivity contribution in [1.82, 2.24) is 5.43 Å². The standard InChI is InChI=1S/C13H18ClN3/c1-9-6-7-11(12(14)8-9)13(17-15)16-10-4-2-3-5-10/h6-8,10H,2-5,15H2,1H3,(H,16,17). The van der Waals surface area contributed by atoms with E-state index in [1.54, 1.807) is 0 Å². The Hall–Kier alpha value is -1.06. The average Bonchev–Trinajstić information content (AvgIpc) is 2.79. The number of hydrogen-bond acceptors (Lipinski definition) is 2. The summed E-state index contributed by atoms with van der Waals surface area (Å²) in [6.07, 6.45) is 4.81. The number of nitrogens with one attached hydrogen (secondary N) is 1. The van der Waals surface area contributed by atoms with Crippen molar-refractivity contribution >= 4 is 17.4 Å². The summed E-state index contributed by atoms with van der Waals surface area (Å²) in [5.74, 6) is 6.25. The summed E-state index contributed by atoms with van der Waals surface area (Å²) in [7, 11) is 0. The molecule has 92 valence electrons. The molecule has 1 aliphatic carbocycles. The van der Waals surface area contributed by atoms with Crippen LogP contribution in [0, 0.1) is 6.92 Å². The van der Waals surface area contributed by atoms with Gasteiger partial charge in [0.15, 0.2) is 0 Å². The molecule has 0 heterocycles. The summed E-state index contributed by atoms with van der Waals surface area (Å²) in [5.41, 5.74) is 4.69. The first-order chi connectivity index (χ1) is 8.20. The van der Waals surface area contributed by atoms with Gasteiger partial charge in [-0.25, -0.2) is 5.84 Å². The lowest BCUT2D eigenvalue weighted by Gasteiger charge is -2.11. The summed E-state index contributed by atoms with van der Waals surface area (Å²) in [4.78, 5) is 4.65. The molecule has 1 aliphatic rings. The van der Waals surface area contributed by atoms with Crippen molar-refractivity contribution in [2.45, 2.75) is 38.6 Å². The monoisotopic (exact) mass is 251 g/mol. The number of amidine groups is 1. The highest BCUT2D eigenvalue weighted by Crippen LogP contribution is 2.23. The van der Waals surface area contributed by atoms with E-state index in [9.17, 15) is 0 Å². The Morgan fingerprint density at radius 1 is 1.41 bits per heavy atom. The van der Waals surface area contributed by atoms with Crippen LogP contribution in [0.4, 0.5) is 0 Å². The van der Waals surface area contributed by atoms with E-state index in [1.165, 1.54) is 12.8 Å². The van der Waals surface area contributed by atoms with Crippen LogP contribution < -0.4 is 11.3 Å². The van der Waals surface area contributed by atoms with Gasteiger partial charge >= 0.3 is 0 Å². The first-order valence-corrected chi connectivity index (χ1v) is 6.39. The Labute approximate surface area is 107 Å². The summed E-state index contributed by atoms with van der Waals surface area (Å²) in [6.45, 7) is 2.01. The number of aliphatic imine (C=N–C) groups is 1. The molecule has 1 saturated carbocycles. The highest BCUT2D eigenvalue weighted by Gasteiger charge is 2.16. The maximum absolute atomic E-state index is 6.21. The smallest absolute Gasteiger partial charge is 0.144 e. The second-order valence-electron chi connectivity index (χ2n) is 4.54. The van der Waals surface area contributed by atoms with Crippen LogP contribution in [0.15, 0.2) is 23.2 Å². The predicted octanol–water partition coefficient (Wildman–Crippen LogP) is 2.80. The number of rotatable bonds is 2. The number of nitrogens with zero attached hydrogens (tertiary/aromatic N) is 1. The minimum Gasteiger partial charge on any atom is -0.308 e. The van der Waals surface area contributed by atoms with E-state index >= 15 is 0 Å². The molecular weight excluding hydrogens is 234 g/mol. The second-order valence-corrected chi connectivity index (χ2v) is 4.95. The van der Waals surface area contributed by atoms with Gasteiger partial charge in [0.2, 0.25) is 0 Å². The van der Waals surface area contributed by atoms with Crippen LogP contribution in [0.3, 0.4) is 0 Å². The number of halogens is 1. The summed E-state index contributed by atoms with van der Waals surface area (Å²) >= 11 is 6.21. The Bertz CT molecular complexity index is 423. The predicted molar refractivity (Wildman–Crippen MR) is 72.3 cm³/mol. The minimum atomic E-state index is 0.387. The molecule has 1 aromatic rings. The van der Waals surface area contributed by atoms with Gasteiger partial charge in [-0.05, 0) is 37.5 Å². The largest absolute Gasteiger partial charge is 0.308 e. The lowest BCUT2D eigenvalue weighted by Crippen LogP contribution is -2.32. The molecule has 1 aromatic carbocycles. The van der Waals surface area contributed by atoms with Gasteiger partial charge in [-0.3, -0.25) is 4.99 Å². The maximum Gasteiger partial charge on any atom is 0.144 e. The van der Waals surface area contributed by atoms with Gasteiger partial charge in [-0.2, -0.15) is 0 Å². The molecular formula is C13H18ClN3. The van der Waals surface area contributed by atoms with Gasteiger partial charge in [0, 0.05) is 5.56 Å². The third-order valence-corrected chi connectivity index (χ3v) is 3.47. The van der Waals surface area contributed by atoms with Crippen LogP contribution >= 0.6 is 11.6 Å². The summed E-state index contributed by atoms with van der Waals surface area (Å²) in [5, 5.41) is 0.694. The van der Waals surface area contributed by atoms with Gasteiger partial charge in [-0.1, -0.05) is 30.5 Å². The quantitative estimate of drug-likeness (QED) is 0.368. The number of aryl methyl sites for hydroxylation is 1. The summed E-state index contributed by atoms with van der Waals surface area (Å²) in [6, 6.07) is 6.30. The molecule has 0 aliphatic heterocycles. The molecule has 17 heavy (non-hydrogen) atoms. The topological polar surface area (TPSA) is 50.4 Å². The third kappa shape index (κ3) is 2.99. The van der Waals surface area contributed by atoms with Gasteiger partial charge in [0.25, 0.3) is 0 Å². The maximum atomic E-state index is 6.21. The molecule has 2 rings (SSSR count). The van der Waals surface area contributed by atoms with E-state index in [0.717, 1.165) is 24.0 Å². The first kappa shape index (κ1) is 12.4. The van der Waals surface area contributed by atoms with E-state index in [-0.39, 0.29) is 0 Å². The van der Waals surface area contributed by atoms with Crippen molar-refractivity contribution in [2.75, 3.05) is 0 Å². The van der Waals surface area contributed by atoms with E-state index in [4.69, 9.17) is 17.4 Å². The number of nitrogens with two attached hydrogens (primary N) is 1. The molecule has 3 nitrogen and oxygen atoms in total. The van der Waals surface area contributed by atoms with Crippen molar-refractivity contribution in [3.63, 3.8) is 0 Å². The summed E-state index contributed by atoms with van der Waals surface area (Å²) < 4.78 is 0. The van der Waals surface area contributed by atoms with Crippen molar-refractivity contribution in [3.05, 3.63) is 34.3 Å². The molecule has 0 unspecified atom stereocenters. The third-order valence-electron chi connectivity index (χ3n) is 3.15. The van der Waals surface area contributed by atoms with Crippen molar-refractivity contribution in [3.8, 4) is 0 Å². The normalized spacial score (nSPS) is 17.5. The molecule has 1 fully saturated rings. The molecule has 3 N–H and O–H groups in total. The van der Waals surface area contributed by atoms with Gasteiger partial charge in [0.1, 0.15) is 5.84 Å². The van der Waals surface area contributed by atoms with Crippen LogP contribution in [0.1, 0.15) is 36.8 Å². The number of hydrazine groups is 1. The Balaban J connectivity index is 2.27. The van der Waals surface area contributed by atoms with Crippen molar-refractivity contribution in [1.29, 1.82) is 0 Å². The number of hydrogen-bond donors (Lipinski definition) is 2. The molecule has 0 aromatic heterocycles. The van der Waals surface area contributed by atoms with E-state index in [2.05, 4.69) is 10.4 Å². The fraction of sp³-hybridized carbons (Fsp3) is 0.462. The van der Waals surface area contributed by atoms with Crippen molar-refractivity contribution < 1.29 is 0 Å². The van der Waals surface area contributed by atoms with Crippen LogP contribution in [0.2, 0.25) is 5.02 Å². The van der Waals surface area contributed by atoms with Gasteiger partial charge in [0.05, 0.1) is 11.1 Å². The first-order valence-electron chi connectivity index (χ1n) is 6.01. The average molecular weight is 252 g/mol. The van der Waals surface area contributed by atoms with Crippen molar-refractivity contribution in [2.24, 2.45) is 10.8 Å². The molecule has 0 radical (unpaired) electrons. The second kappa shape index (κ2) is 5.52. The lowest BCUT2D eigenvalue weighted by molar-refractivity contribution is 0.701. The molecule has 0 bridgehead atoms. The fourth-order valence-corrected chi connectivity index (χ4v) is 2.54. The highest BCUT2D eigenvalue weighted by atomic mass is 35.5. The zero-order valence-corrected chi connectivity index (χ0v) is 10.8. The SMILES string of the molecule is Cc1ccc(C(=NC2CCCC2)NN)c(Cl)c1. The van der Waals surface area contributed by atoms with Crippen LogP contribution in [-0.2, 0) is 0 Å². The number of benzene rings is 1. The van der Waals surface area contributed by atoms with E-state index < -0.39 is 0 Å². The van der Waals surface area contributed by atoms with Gasteiger partial charge in [-0.15, -0.1) is 0 Å². The molecule has 4 heteroatoms. The molecule has 0 spiro atoms. The van der Waals surface area contributed by atoms with Crippen LogP contribution in [0.25, 0.3) is 0 Å². The van der Waals surface area contributed by atoms with E-state index in [1.807, 2.05) is 25.1 Å².